The van der Waals surface area contributed by atoms with Gasteiger partial charge in [0.2, 0.25) is 5.91 Å². The number of halogens is 2. The van der Waals surface area contributed by atoms with Crippen molar-refractivity contribution in [1.29, 1.82) is 0 Å². The minimum absolute atomic E-state index is 0.0836. The lowest BCUT2D eigenvalue weighted by Crippen LogP contribution is -2.30. The second kappa shape index (κ2) is 8.08. The fraction of sp³-hybridized carbons (Fsp3) is 0.235. The zero-order valence-corrected chi connectivity index (χ0v) is 13.8. The number of anilines is 1. The van der Waals surface area contributed by atoms with Gasteiger partial charge in [0.25, 0.3) is 0 Å². The van der Waals surface area contributed by atoms with Gasteiger partial charge in [-0.15, -0.1) is 11.8 Å². The van der Waals surface area contributed by atoms with Gasteiger partial charge < -0.3 is 5.32 Å². The fourth-order valence-electron chi connectivity index (χ4n) is 2.13. The maximum Gasteiger partial charge on any atom is 0.238 e. The number of hydrogen-bond donors (Lipinski definition) is 1. The molecule has 2 aromatic carbocycles. The second-order valence-electron chi connectivity index (χ2n) is 5.19. The molecule has 0 atom stereocenters. The van der Waals surface area contributed by atoms with Gasteiger partial charge in [-0.05, 0) is 43.1 Å². The minimum atomic E-state index is -0.657. The molecule has 0 radical (unpaired) electrons. The van der Waals surface area contributed by atoms with Gasteiger partial charge in [0.1, 0.15) is 11.6 Å². The monoisotopic (exact) mass is 336 g/mol. The Labute approximate surface area is 138 Å². The van der Waals surface area contributed by atoms with Crippen LogP contribution in [-0.4, -0.2) is 30.7 Å². The summed E-state index contributed by atoms with van der Waals surface area (Å²) in [5.41, 5.74) is 0.933. The summed E-state index contributed by atoms with van der Waals surface area (Å²) in [4.78, 5) is 14.9. The van der Waals surface area contributed by atoms with E-state index in [9.17, 15) is 13.6 Å². The van der Waals surface area contributed by atoms with Crippen LogP contribution in [-0.2, 0) is 11.3 Å². The molecule has 0 bridgehead atoms. The van der Waals surface area contributed by atoms with Crippen LogP contribution in [0.4, 0.5) is 14.5 Å². The largest absolute Gasteiger partial charge is 0.322 e. The molecule has 0 heterocycles. The van der Waals surface area contributed by atoms with Crippen molar-refractivity contribution in [2.75, 3.05) is 25.2 Å². The molecule has 1 amide bonds. The van der Waals surface area contributed by atoms with Gasteiger partial charge in [-0.1, -0.05) is 12.1 Å². The zero-order chi connectivity index (χ0) is 16.8. The standard InChI is InChI=1S/C17H18F2N2OS/c1-21(10-12-3-6-14(23-2)7-4-12)11-17(22)20-16-9-13(18)5-8-15(16)19/h3-9H,10-11H2,1-2H3,(H,20,22). The highest BCUT2D eigenvalue weighted by Crippen LogP contribution is 2.16. The quantitative estimate of drug-likeness (QED) is 0.815. The molecular formula is C17H18F2N2OS. The predicted octanol–water partition coefficient (Wildman–Crippen LogP) is 3.76. The smallest absolute Gasteiger partial charge is 0.238 e. The molecular weight excluding hydrogens is 318 g/mol. The summed E-state index contributed by atoms with van der Waals surface area (Å²) >= 11 is 1.67. The van der Waals surface area contributed by atoms with Crippen molar-refractivity contribution < 1.29 is 13.6 Å². The van der Waals surface area contributed by atoms with E-state index in [0.717, 1.165) is 23.8 Å². The lowest BCUT2D eigenvalue weighted by atomic mass is 10.2. The molecule has 0 aromatic heterocycles. The molecule has 0 aliphatic heterocycles. The van der Waals surface area contributed by atoms with Crippen LogP contribution in [0.25, 0.3) is 0 Å². The molecule has 0 aliphatic rings. The molecule has 0 saturated carbocycles. The van der Waals surface area contributed by atoms with E-state index in [1.165, 1.54) is 4.90 Å². The van der Waals surface area contributed by atoms with Crippen LogP contribution in [0.1, 0.15) is 5.56 Å². The highest BCUT2D eigenvalue weighted by Gasteiger charge is 2.11. The van der Waals surface area contributed by atoms with E-state index in [1.807, 2.05) is 30.5 Å². The van der Waals surface area contributed by atoms with Gasteiger partial charge in [0.15, 0.2) is 0 Å². The number of carbonyl (C=O) groups is 1. The molecule has 1 N–H and O–H groups in total. The van der Waals surface area contributed by atoms with E-state index < -0.39 is 17.5 Å². The first-order valence-corrected chi connectivity index (χ1v) is 8.27. The van der Waals surface area contributed by atoms with Gasteiger partial charge >= 0.3 is 0 Å². The first-order chi connectivity index (χ1) is 11.0. The Bertz CT molecular complexity index is 677. The van der Waals surface area contributed by atoms with Gasteiger partial charge in [0.05, 0.1) is 12.2 Å². The van der Waals surface area contributed by atoms with Crippen LogP contribution in [0.15, 0.2) is 47.4 Å². The van der Waals surface area contributed by atoms with Crippen LogP contribution >= 0.6 is 11.8 Å². The lowest BCUT2D eigenvalue weighted by molar-refractivity contribution is -0.117. The summed E-state index contributed by atoms with van der Waals surface area (Å²) < 4.78 is 26.6. The Hall–Kier alpha value is -1.92. The topological polar surface area (TPSA) is 32.3 Å². The van der Waals surface area contributed by atoms with Crippen LogP contribution < -0.4 is 5.32 Å². The van der Waals surface area contributed by atoms with Crippen LogP contribution in [0, 0.1) is 11.6 Å². The third-order valence-corrected chi connectivity index (χ3v) is 3.97. The molecule has 0 fully saturated rings. The van der Waals surface area contributed by atoms with Crippen molar-refractivity contribution in [2.24, 2.45) is 0 Å². The summed E-state index contributed by atoms with van der Waals surface area (Å²) in [7, 11) is 1.80. The zero-order valence-electron chi connectivity index (χ0n) is 13.0. The van der Waals surface area contributed by atoms with Crippen molar-refractivity contribution in [1.82, 2.24) is 4.90 Å². The third kappa shape index (κ3) is 5.33. The van der Waals surface area contributed by atoms with Gasteiger partial charge in [-0.3, -0.25) is 9.69 Å². The molecule has 0 spiro atoms. The van der Waals surface area contributed by atoms with E-state index in [0.29, 0.717) is 6.54 Å². The minimum Gasteiger partial charge on any atom is -0.322 e. The Balaban J connectivity index is 1.90. The Morgan fingerprint density at radius 2 is 1.87 bits per heavy atom. The summed E-state index contributed by atoms with van der Waals surface area (Å²) in [5.74, 6) is -1.64. The van der Waals surface area contributed by atoms with E-state index >= 15 is 0 Å². The first kappa shape index (κ1) is 17.4. The number of thioether (sulfide) groups is 1. The van der Waals surface area contributed by atoms with Gasteiger partial charge in [0, 0.05) is 17.5 Å². The Morgan fingerprint density at radius 1 is 1.17 bits per heavy atom. The highest BCUT2D eigenvalue weighted by molar-refractivity contribution is 7.98. The van der Waals surface area contributed by atoms with Crippen LogP contribution in [0.3, 0.4) is 0 Å². The van der Waals surface area contributed by atoms with Crippen LogP contribution in [0.5, 0.6) is 0 Å². The lowest BCUT2D eigenvalue weighted by Gasteiger charge is -2.16. The van der Waals surface area contributed by atoms with Gasteiger partial charge in [-0.2, -0.15) is 0 Å². The maximum absolute atomic E-state index is 13.5. The molecule has 3 nitrogen and oxygen atoms in total. The molecule has 122 valence electrons. The average Bonchev–Trinajstić information content (AvgIpc) is 2.51. The predicted molar refractivity (Wildman–Crippen MR) is 89.5 cm³/mol. The fourth-order valence-corrected chi connectivity index (χ4v) is 2.53. The number of hydrogen-bond acceptors (Lipinski definition) is 3. The van der Waals surface area contributed by atoms with Crippen molar-refractivity contribution in [3.8, 4) is 0 Å². The van der Waals surface area contributed by atoms with E-state index in [2.05, 4.69) is 5.32 Å². The molecule has 6 heteroatoms. The second-order valence-corrected chi connectivity index (χ2v) is 6.07. The first-order valence-electron chi connectivity index (χ1n) is 7.04. The highest BCUT2D eigenvalue weighted by atomic mass is 32.2. The maximum atomic E-state index is 13.5. The van der Waals surface area contributed by atoms with E-state index in [-0.39, 0.29) is 12.2 Å². The molecule has 0 saturated heterocycles. The van der Waals surface area contributed by atoms with Gasteiger partial charge in [-0.25, -0.2) is 8.78 Å². The van der Waals surface area contributed by atoms with Crippen LogP contribution in [0.2, 0.25) is 0 Å². The molecule has 2 aromatic rings. The number of benzene rings is 2. The normalized spacial score (nSPS) is 10.8. The summed E-state index contributed by atoms with van der Waals surface area (Å²) in [6.07, 6.45) is 2.01. The number of carbonyl (C=O) groups excluding carboxylic acids is 1. The number of likely N-dealkylation sites (N-methyl/N-ethyl adjacent to an activating group) is 1. The van der Waals surface area contributed by atoms with Crippen molar-refractivity contribution >= 4 is 23.4 Å². The van der Waals surface area contributed by atoms with Crippen molar-refractivity contribution in [3.05, 3.63) is 59.7 Å². The number of amides is 1. The van der Waals surface area contributed by atoms with E-state index in [1.54, 1.807) is 23.7 Å². The number of nitrogens with one attached hydrogen (secondary N) is 1. The average molecular weight is 336 g/mol. The summed E-state index contributed by atoms with van der Waals surface area (Å²) in [6.45, 7) is 0.675. The van der Waals surface area contributed by atoms with E-state index in [4.69, 9.17) is 0 Å². The molecule has 23 heavy (non-hydrogen) atoms. The molecule has 2 rings (SSSR count). The third-order valence-electron chi connectivity index (χ3n) is 3.23. The Morgan fingerprint density at radius 3 is 2.52 bits per heavy atom. The van der Waals surface area contributed by atoms with Crippen molar-refractivity contribution in [2.45, 2.75) is 11.4 Å². The molecule has 0 unspecified atom stereocenters. The SMILES string of the molecule is CSc1ccc(CN(C)CC(=O)Nc2cc(F)ccc2F)cc1. The summed E-state index contributed by atoms with van der Waals surface area (Å²) in [6, 6.07) is 11.0. The number of nitrogens with zero attached hydrogens (tertiary/aromatic N) is 1. The number of rotatable bonds is 6. The Kier molecular flexibility index (Phi) is 6.12. The summed E-state index contributed by atoms with van der Waals surface area (Å²) in [5, 5.41) is 2.39. The molecule has 0 aliphatic carbocycles. The van der Waals surface area contributed by atoms with Crippen molar-refractivity contribution in [3.63, 3.8) is 0 Å².